The Morgan fingerprint density at radius 2 is 2.15 bits per heavy atom. The first-order chi connectivity index (χ1) is 9.76. The van der Waals surface area contributed by atoms with Crippen molar-refractivity contribution in [3.63, 3.8) is 0 Å². The van der Waals surface area contributed by atoms with Gasteiger partial charge in [-0.25, -0.2) is 0 Å². The number of amides is 1. The molecule has 0 bridgehead atoms. The summed E-state index contributed by atoms with van der Waals surface area (Å²) in [6.07, 6.45) is 4.76. The Morgan fingerprint density at radius 1 is 1.35 bits per heavy atom. The van der Waals surface area contributed by atoms with Crippen molar-refractivity contribution in [3.05, 3.63) is 29.8 Å². The van der Waals surface area contributed by atoms with Crippen molar-refractivity contribution in [1.29, 1.82) is 0 Å². The summed E-state index contributed by atoms with van der Waals surface area (Å²) in [6.45, 7) is 0.711. The minimum Gasteiger partial charge on any atom is -0.383 e. The molecule has 1 atom stereocenters. The van der Waals surface area contributed by atoms with E-state index in [1.807, 2.05) is 24.3 Å². The van der Waals surface area contributed by atoms with E-state index in [0.29, 0.717) is 24.6 Å². The fourth-order valence-corrected chi connectivity index (χ4v) is 2.43. The second-order valence-electron chi connectivity index (χ2n) is 5.87. The first kappa shape index (κ1) is 13.4. The molecule has 0 saturated heterocycles. The topological polar surface area (TPSA) is 50.4 Å². The number of anilines is 1. The number of nitrogens with one attached hydrogen (secondary N) is 2. The summed E-state index contributed by atoms with van der Waals surface area (Å²) in [7, 11) is 1.73. The molecule has 0 aliphatic heterocycles. The largest absolute Gasteiger partial charge is 0.383 e. The minimum atomic E-state index is 0.0332. The van der Waals surface area contributed by atoms with Gasteiger partial charge >= 0.3 is 0 Å². The molecule has 3 rings (SSSR count). The van der Waals surface area contributed by atoms with Crippen LogP contribution in [0.1, 0.15) is 36.0 Å². The van der Waals surface area contributed by atoms with E-state index in [2.05, 4.69) is 10.6 Å². The molecule has 0 radical (unpaired) electrons. The molecule has 2 N–H and O–H groups in total. The Hall–Kier alpha value is -1.55. The maximum Gasteiger partial charge on any atom is 0.251 e. The second-order valence-corrected chi connectivity index (χ2v) is 5.87. The molecule has 2 aliphatic carbocycles. The van der Waals surface area contributed by atoms with Gasteiger partial charge in [-0.15, -0.1) is 0 Å². The molecule has 1 aromatic carbocycles. The Kier molecular flexibility index (Phi) is 3.92. The van der Waals surface area contributed by atoms with Gasteiger partial charge in [0.1, 0.15) is 0 Å². The van der Waals surface area contributed by atoms with Crippen molar-refractivity contribution in [2.45, 2.75) is 37.8 Å². The standard InChI is InChI=1S/C16H22N2O2/c1-20-10-15(11-5-6-11)17-14-4-2-3-12(9-14)16(19)18-13-7-8-13/h2-4,9,11,13,15,17H,5-8,10H2,1H3,(H,18,19). The SMILES string of the molecule is COCC(Nc1cccc(C(=O)NC2CC2)c1)C1CC1. The van der Waals surface area contributed by atoms with E-state index in [-0.39, 0.29) is 5.91 Å². The zero-order valence-electron chi connectivity index (χ0n) is 11.9. The van der Waals surface area contributed by atoms with E-state index >= 15 is 0 Å². The summed E-state index contributed by atoms with van der Waals surface area (Å²) in [4.78, 5) is 12.0. The van der Waals surface area contributed by atoms with Gasteiger partial charge in [-0.2, -0.15) is 0 Å². The molecule has 1 amide bonds. The highest BCUT2D eigenvalue weighted by Gasteiger charge is 2.31. The maximum absolute atomic E-state index is 12.0. The number of hydrogen-bond acceptors (Lipinski definition) is 3. The lowest BCUT2D eigenvalue weighted by Gasteiger charge is -2.19. The number of methoxy groups -OCH3 is 1. The fourth-order valence-electron chi connectivity index (χ4n) is 2.43. The average molecular weight is 274 g/mol. The number of ether oxygens (including phenoxy) is 1. The van der Waals surface area contributed by atoms with Crippen molar-refractivity contribution in [2.24, 2.45) is 5.92 Å². The number of benzene rings is 1. The number of hydrogen-bond donors (Lipinski definition) is 2. The van der Waals surface area contributed by atoms with E-state index in [4.69, 9.17) is 4.74 Å². The summed E-state index contributed by atoms with van der Waals surface area (Å²) in [5.74, 6) is 0.741. The van der Waals surface area contributed by atoms with Gasteiger partial charge in [0.25, 0.3) is 5.91 Å². The van der Waals surface area contributed by atoms with Crippen molar-refractivity contribution in [2.75, 3.05) is 19.0 Å². The summed E-state index contributed by atoms with van der Waals surface area (Å²) in [5.41, 5.74) is 1.73. The summed E-state index contributed by atoms with van der Waals surface area (Å²) >= 11 is 0. The van der Waals surface area contributed by atoms with E-state index in [0.717, 1.165) is 24.1 Å². The van der Waals surface area contributed by atoms with Gasteiger partial charge in [-0.05, 0) is 49.8 Å². The predicted octanol–water partition coefficient (Wildman–Crippen LogP) is 2.42. The van der Waals surface area contributed by atoms with E-state index in [1.165, 1.54) is 12.8 Å². The van der Waals surface area contributed by atoms with Gasteiger partial charge in [-0.1, -0.05) is 6.07 Å². The highest BCUT2D eigenvalue weighted by Crippen LogP contribution is 2.34. The first-order valence-corrected chi connectivity index (χ1v) is 7.42. The Labute approximate surface area is 119 Å². The van der Waals surface area contributed by atoms with Crippen molar-refractivity contribution in [3.8, 4) is 0 Å². The molecular weight excluding hydrogens is 252 g/mol. The van der Waals surface area contributed by atoms with Crippen LogP contribution in [0.4, 0.5) is 5.69 Å². The zero-order chi connectivity index (χ0) is 13.9. The molecule has 2 saturated carbocycles. The lowest BCUT2D eigenvalue weighted by molar-refractivity contribution is 0.0951. The van der Waals surface area contributed by atoms with Gasteiger partial charge in [0.05, 0.1) is 12.6 Å². The van der Waals surface area contributed by atoms with Gasteiger partial charge in [0.15, 0.2) is 0 Å². The Balaban J connectivity index is 1.64. The van der Waals surface area contributed by atoms with Crippen LogP contribution in [-0.2, 0) is 4.74 Å². The molecule has 20 heavy (non-hydrogen) atoms. The lowest BCUT2D eigenvalue weighted by Crippen LogP contribution is -2.28. The van der Waals surface area contributed by atoms with Crippen LogP contribution < -0.4 is 10.6 Å². The van der Waals surface area contributed by atoms with Gasteiger partial charge in [-0.3, -0.25) is 4.79 Å². The number of rotatable bonds is 7. The normalized spacial score (nSPS) is 19.4. The van der Waals surface area contributed by atoms with Crippen LogP contribution in [0.25, 0.3) is 0 Å². The van der Waals surface area contributed by atoms with Crippen LogP contribution >= 0.6 is 0 Å². The van der Waals surface area contributed by atoms with Crippen LogP contribution in [0.3, 0.4) is 0 Å². The molecule has 0 heterocycles. The zero-order valence-corrected chi connectivity index (χ0v) is 11.9. The second kappa shape index (κ2) is 5.83. The summed E-state index contributed by atoms with van der Waals surface area (Å²) in [5, 5.41) is 6.52. The molecule has 0 spiro atoms. The van der Waals surface area contributed by atoms with Crippen molar-refractivity contribution < 1.29 is 9.53 Å². The van der Waals surface area contributed by atoms with Crippen LogP contribution in [-0.4, -0.2) is 31.7 Å². The van der Waals surface area contributed by atoms with E-state index in [1.54, 1.807) is 7.11 Å². The summed E-state index contributed by atoms with van der Waals surface area (Å²) in [6, 6.07) is 8.49. The van der Waals surface area contributed by atoms with Crippen LogP contribution in [0.15, 0.2) is 24.3 Å². The van der Waals surface area contributed by atoms with Crippen LogP contribution in [0.5, 0.6) is 0 Å². The lowest BCUT2D eigenvalue weighted by atomic mass is 10.1. The molecule has 2 aliphatic rings. The van der Waals surface area contributed by atoms with Gasteiger partial charge in [0.2, 0.25) is 0 Å². The third kappa shape index (κ3) is 3.51. The molecule has 1 aromatic rings. The molecule has 108 valence electrons. The van der Waals surface area contributed by atoms with Crippen LogP contribution in [0, 0.1) is 5.92 Å². The highest BCUT2D eigenvalue weighted by molar-refractivity contribution is 5.95. The van der Waals surface area contributed by atoms with Crippen LogP contribution in [0.2, 0.25) is 0 Å². The fraction of sp³-hybridized carbons (Fsp3) is 0.562. The van der Waals surface area contributed by atoms with E-state index < -0.39 is 0 Å². The quantitative estimate of drug-likeness (QED) is 0.803. The molecule has 4 nitrogen and oxygen atoms in total. The number of carbonyl (C=O) groups excluding carboxylic acids is 1. The molecule has 1 unspecified atom stereocenters. The maximum atomic E-state index is 12.0. The minimum absolute atomic E-state index is 0.0332. The molecule has 0 aromatic heterocycles. The third-order valence-electron chi connectivity index (χ3n) is 3.93. The monoisotopic (exact) mass is 274 g/mol. The van der Waals surface area contributed by atoms with Gasteiger partial charge < -0.3 is 15.4 Å². The summed E-state index contributed by atoms with van der Waals surface area (Å²) < 4.78 is 5.27. The van der Waals surface area contributed by atoms with Gasteiger partial charge in [0, 0.05) is 24.4 Å². The number of carbonyl (C=O) groups is 1. The Bertz CT molecular complexity index is 481. The van der Waals surface area contributed by atoms with Crippen molar-refractivity contribution in [1.82, 2.24) is 5.32 Å². The highest BCUT2D eigenvalue weighted by atomic mass is 16.5. The average Bonchev–Trinajstić information content (AvgIpc) is 3.32. The third-order valence-corrected chi connectivity index (χ3v) is 3.93. The Morgan fingerprint density at radius 3 is 2.80 bits per heavy atom. The molecule has 4 heteroatoms. The first-order valence-electron chi connectivity index (χ1n) is 7.42. The molecular formula is C16H22N2O2. The predicted molar refractivity (Wildman–Crippen MR) is 78.9 cm³/mol. The smallest absolute Gasteiger partial charge is 0.251 e. The van der Waals surface area contributed by atoms with Crippen molar-refractivity contribution >= 4 is 11.6 Å². The van der Waals surface area contributed by atoms with E-state index in [9.17, 15) is 4.79 Å². The molecule has 2 fully saturated rings.